The lowest BCUT2D eigenvalue weighted by molar-refractivity contribution is -0.253. The second-order valence-corrected chi connectivity index (χ2v) is 9.02. The van der Waals surface area contributed by atoms with Crippen molar-refractivity contribution in [3.63, 3.8) is 0 Å². The SMILES string of the molecule is CCOc1ccc(-c2nc(-c3ccc4oc(CNC5COC(C)(C)OC5)cc4c3)no2)cc1OCC. The quantitative estimate of drug-likeness (QED) is 0.338. The molecule has 4 aromatic rings. The zero-order valence-electron chi connectivity index (χ0n) is 21.0. The first-order chi connectivity index (χ1) is 17.4. The van der Waals surface area contributed by atoms with Crippen molar-refractivity contribution in [2.45, 2.75) is 46.1 Å². The number of nitrogens with zero attached hydrogens (tertiary/aromatic N) is 2. The van der Waals surface area contributed by atoms with Crippen LogP contribution in [0.1, 0.15) is 33.5 Å². The van der Waals surface area contributed by atoms with Gasteiger partial charge in [0.2, 0.25) is 5.82 Å². The standard InChI is InChI=1S/C27H31N3O6/c1-5-31-23-10-8-18(13-24(23)32-6-2)26-29-25(30-36-26)17-7-9-22-19(11-17)12-21(35-22)14-28-20-15-33-27(3,4)34-16-20/h7-13,20,28H,5-6,14-16H2,1-4H3. The van der Waals surface area contributed by atoms with Crippen molar-refractivity contribution in [2.75, 3.05) is 26.4 Å². The molecule has 9 nitrogen and oxygen atoms in total. The molecule has 0 bridgehead atoms. The van der Waals surface area contributed by atoms with E-state index in [0.29, 0.717) is 56.2 Å². The molecule has 0 radical (unpaired) electrons. The number of ether oxygens (including phenoxy) is 4. The zero-order chi connectivity index (χ0) is 25.1. The van der Waals surface area contributed by atoms with Crippen LogP contribution in [0.4, 0.5) is 0 Å². The Labute approximate surface area is 209 Å². The van der Waals surface area contributed by atoms with Crippen molar-refractivity contribution >= 4 is 11.0 Å². The van der Waals surface area contributed by atoms with E-state index in [2.05, 4.69) is 15.5 Å². The van der Waals surface area contributed by atoms with Crippen LogP contribution in [0, 0.1) is 0 Å². The monoisotopic (exact) mass is 493 g/mol. The molecule has 0 aliphatic carbocycles. The molecule has 0 saturated carbocycles. The minimum Gasteiger partial charge on any atom is -0.490 e. The number of benzene rings is 2. The van der Waals surface area contributed by atoms with Crippen LogP contribution in [0.15, 0.2) is 51.4 Å². The van der Waals surface area contributed by atoms with Gasteiger partial charge >= 0.3 is 0 Å². The molecule has 0 atom stereocenters. The summed E-state index contributed by atoms with van der Waals surface area (Å²) in [6.45, 7) is 10.6. The van der Waals surface area contributed by atoms with Crippen LogP contribution in [-0.2, 0) is 16.0 Å². The number of hydrogen-bond acceptors (Lipinski definition) is 9. The summed E-state index contributed by atoms with van der Waals surface area (Å²) in [4.78, 5) is 4.61. The van der Waals surface area contributed by atoms with E-state index >= 15 is 0 Å². The maximum atomic E-state index is 6.00. The first kappa shape index (κ1) is 24.3. The Bertz CT molecular complexity index is 1320. The number of nitrogens with one attached hydrogen (secondary N) is 1. The molecule has 1 aliphatic heterocycles. The predicted molar refractivity (Wildman–Crippen MR) is 134 cm³/mol. The van der Waals surface area contributed by atoms with Crippen molar-refractivity contribution in [3.8, 4) is 34.3 Å². The van der Waals surface area contributed by atoms with Crippen molar-refractivity contribution in [2.24, 2.45) is 0 Å². The van der Waals surface area contributed by atoms with E-state index in [-0.39, 0.29) is 6.04 Å². The maximum Gasteiger partial charge on any atom is 0.258 e. The number of furan rings is 1. The predicted octanol–water partition coefficient (Wildman–Crippen LogP) is 5.19. The summed E-state index contributed by atoms with van der Waals surface area (Å²) in [7, 11) is 0. The minimum atomic E-state index is -0.526. The van der Waals surface area contributed by atoms with Crippen molar-refractivity contribution in [3.05, 3.63) is 48.2 Å². The van der Waals surface area contributed by atoms with E-state index in [1.165, 1.54) is 0 Å². The molecule has 1 aliphatic rings. The highest BCUT2D eigenvalue weighted by Gasteiger charge is 2.28. The van der Waals surface area contributed by atoms with Gasteiger partial charge in [-0.3, -0.25) is 0 Å². The number of hydrogen-bond donors (Lipinski definition) is 1. The molecule has 190 valence electrons. The second-order valence-electron chi connectivity index (χ2n) is 9.02. The summed E-state index contributed by atoms with van der Waals surface area (Å²) >= 11 is 0. The number of aromatic nitrogens is 2. The second kappa shape index (κ2) is 10.3. The van der Waals surface area contributed by atoms with Gasteiger partial charge in [0.1, 0.15) is 11.3 Å². The third-order valence-electron chi connectivity index (χ3n) is 5.87. The largest absolute Gasteiger partial charge is 0.490 e. The Balaban J connectivity index is 1.30. The van der Waals surface area contributed by atoms with E-state index in [4.69, 9.17) is 27.9 Å². The third-order valence-corrected chi connectivity index (χ3v) is 5.87. The van der Waals surface area contributed by atoms with E-state index in [1.54, 1.807) is 0 Å². The summed E-state index contributed by atoms with van der Waals surface area (Å²) < 4.78 is 34.3. The van der Waals surface area contributed by atoms with Gasteiger partial charge in [-0.15, -0.1) is 0 Å². The molecular weight excluding hydrogens is 462 g/mol. The van der Waals surface area contributed by atoms with Gasteiger partial charge in [-0.1, -0.05) is 5.16 Å². The molecule has 2 aromatic carbocycles. The molecule has 0 amide bonds. The lowest BCUT2D eigenvalue weighted by Gasteiger charge is -2.35. The van der Waals surface area contributed by atoms with Gasteiger partial charge < -0.3 is 33.2 Å². The molecule has 9 heteroatoms. The molecule has 2 aromatic heterocycles. The van der Waals surface area contributed by atoms with Gasteiger partial charge in [0.25, 0.3) is 5.89 Å². The lowest BCUT2D eigenvalue weighted by Crippen LogP contribution is -2.48. The first-order valence-corrected chi connectivity index (χ1v) is 12.2. The molecule has 3 heterocycles. The molecule has 1 fully saturated rings. The molecule has 1 saturated heterocycles. The molecular formula is C27H31N3O6. The Morgan fingerprint density at radius 2 is 1.69 bits per heavy atom. The highest BCUT2D eigenvalue weighted by Crippen LogP contribution is 2.33. The van der Waals surface area contributed by atoms with Crippen LogP contribution >= 0.6 is 0 Å². The average Bonchev–Trinajstić information content (AvgIpc) is 3.51. The Hall–Kier alpha value is -3.40. The summed E-state index contributed by atoms with van der Waals surface area (Å²) in [5.41, 5.74) is 2.40. The van der Waals surface area contributed by atoms with E-state index in [0.717, 1.165) is 27.9 Å². The van der Waals surface area contributed by atoms with Crippen LogP contribution in [0.3, 0.4) is 0 Å². The third kappa shape index (κ3) is 5.38. The smallest absolute Gasteiger partial charge is 0.258 e. The first-order valence-electron chi connectivity index (χ1n) is 12.2. The normalized spacial score (nSPS) is 15.9. The molecule has 1 N–H and O–H groups in total. The highest BCUT2D eigenvalue weighted by atomic mass is 16.7. The fourth-order valence-corrected chi connectivity index (χ4v) is 4.02. The minimum absolute atomic E-state index is 0.116. The van der Waals surface area contributed by atoms with Crippen LogP contribution in [-0.4, -0.2) is 48.4 Å². The molecule has 0 spiro atoms. The molecule has 0 unspecified atom stereocenters. The van der Waals surface area contributed by atoms with Crippen molar-refractivity contribution < 1.29 is 27.9 Å². The summed E-state index contributed by atoms with van der Waals surface area (Å²) in [6.07, 6.45) is 0. The lowest BCUT2D eigenvalue weighted by atomic mass is 10.1. The van der Waals surface area contributed by atoms with Gasteiger partial charge in [0.05, 0.1) is 39.0 Å². The highest BCUT2D eigenvalue weighted by molar-refractivity contribution is 5.83. The van der Waals surface area contributed by atoms with Crippen LogP contribution in [0.25, 0.3) is 33.8 Å². The van der Waals surface area contributed by atoms with Gasteiger partial charge in [-0.2, -0.15) is 4.98 Å². The molecule has 36 heavy (non-hydrogen) atoms. The molecule has 5 rings (SSSR count). The fraction of sp³-hybridized carbons (Fsp3) is 0.407. The average molecular weight is 494 g/mol. The van der Waals surface area contributed by atoms with E-state index in [1.807, 2.05) is 70.2 Å². The summed E-state index contributed by atoms with van der Waals surface area (Å²) in [5, 5.41) is 8.58. The topological polar surface area (TPSA) is 101 Å². The van der Waals surface area contributed by atoms with Gasteiger partial charge in [0.15, 0.2) is 17.3 Å². The van der Waals surface area contributed by atoms with Crippen molar-refractivity contribution in [1.82, 2.24) is 15.5 Å². The van der Waals surface area contributed by atoms with Gasteiger partial charge in [-0.05, 0) is 70.2 Å². The van der Waals surface area contributed by atoms with E-state index in [9.17, 15) is 0 Å². The fourth-order valence-electron chi connectivity index (χ4n) is 4.02. The summed E-state index contributed by atoms with van der Waals surface area (Å²) in [6, 6.07) is 13.6. The Morgan fingerprint density at radius 1 is 0.944 bits per heavy atom. The number of rotatable bonds is 9. The Morgan fingerprint density at radius 3 is 2.47 bits per heavy atom. The van der Waals surface area contributed by atoms with Crippen molar-refractivity contribution in [1.29, 1.82) is 0 Å². The number of fused-ring (bicyclic) bond motifs is 1. The van der Waals surface area contributed by atoms with Gasteiger partial charge in [-0.25, -0.2) is 0 Å². The van der Waals surface area contributed by atoms with Gasteiger partial charge in [0, 0.05) is 16.5 Å². The zero-order valence-corrected chi connectivity index (χ0v) is 21.0. The summed E-state index contributed by atoms with van der Waals surface area (Å²) in [5.74, 6) is 2.55. The van der Waals surface area contributed by atoms with Crippen LogP contribution in [0.5, 0.6) is 11.5 Å². The van der Waals surface area contributed by atoms with Crippen LogP contribution < -0.4 is 14.8 Å². The van der Waals surface area contributed by atoms with E-state index < -0.39 is 5.79 Å². The van der Waals surface area contributed by atoms with Crippen LogP contribution in [0.2, 0.25) is 0 Å². The maximum absolute atomic E-state index is 6.00. The Kier molecular flexibility index (Phi) is 6.95.